The maximum atomic E-state index is 12.7. The standard InChI is InChI=1S/C15H24N2O2S/c1-10-7-8-12-14(9-10)20(18,19)17-13-6-4-3-5-11(13)15(12)16-2/h4,6,10-14,17H,3,5,7-9H2,1-2H3. The molecule has 5 unspecified atom stereocenters. The fourth-order valence-corrected chi connectivity index (χ4v) is 6.27. The van der Waals surface area contributed by atoms with Crippen molar-refractivity contribution in [1.29, 1.82) is 0 Å². The summed E-state index contributed by atoms with van der Waals surface area (Å²) in [4.78, 5) is 4.55. The zero-order valence-corrected chi connectivity index (χ0v) is 13.1. The Balaban J connectivity index is 2.05. The highest BCUT2D eigenvalue weighted by atomic mass is 32.2. The zero-order chi connectivity index (χ0) is 14.3. The normalized spacial score (nSPS) is 45.5. The van der Waals surface area contributed by atoms with Crippen molar-refractivity contribution >= 4 is 15.7 Å². The van der Waals surface area contributed by atoms with E-state index in [2.05, 4.69) is 22.7 Å². The number of nitrogens with zero attached hydrogens (tertiary/aromatic N) is 1. The molecule has 112 valence electrons. The number of hydrogen-bond acceptors (Lipinski definition) is 3. The van der Waals surface area contributed by atoms with Crippen molar-refractivity contribution in [2.45, 2.75) is 50.3 Å². The third-order valence-electron chi connectivity index (χ3n) is 5.19. The van der Waals surface area contributed by atoms with Crippen LogP contribution in [0, 0.1) is 17.8 Å². The summed E-state index contributed by atoms with van der Waals surface area (Å²) in [6, 6.07) is -0.0895. The highest BCUT2D eigenvalue weighted by Gasteiger charge is 2.47. The summed E-state index contributed by atoms with van der Waals surface area (Å²) in [5.41, 5.74) is 1.14. The second-order valence-corrected chi connectivity index (χ2v) is 8.44. The van der Waals surface area contributed by atoms with Crippen LogP contribution in [-0.2, 0) is 10.0 Å². The summed E-state index contributed by atoms with van der Waals surface area (Å²) in [5.74, 6) is 0.861. The first-order chi connectivity index (χ1) is 9.53. The lowest BCUT2D eigenvalue weighted by Crippen LogP contribution is -2.43. The van der Waals surface area contributed by atoms with Crippen LogP contribution in [0.3, 0.4) is 0 Å². The largest absolute Gasteiger partial charge is 0.297 e. The number of nitrogens with one attached hydrogen (secondary N) is 1. The van der Waals surface area contributed by atoms with E-state index in [4.69, 9.17) is 0 Å². The smallest absolute Gasteiger partial charge is 0.215 e. The highest BCUT2D eigenvalue weighted by Crippen LogP contribution is 2.40. The lowest BCUT2D eigenvalue weighted by Gasteiger charge is -2.34. The van der Waals surface area contributed by atoms with Crippen LogP contribution in [0.1, 0.15) is 39.0 Å². The Bertz CT molecular complexity index is 538. The van der Waals surface area contributed by atoms with Crippen molar-refractivity contribution < 1.29 is 8.42 Å². The van der Waals surface area contributed by atoms with E-state index in [-0.39, 0.29) is 23.1 Å². The lowest BCUT2D eigenvalue weighted by molar-refractivity contribution is 0.338. The Morgan fingerprint density at radius 2 is 2.05 bits per heavy atom. The molecule has 0 bridgehead atoms. The van der Waals surface area contributed by atoms with Crippen LogP contribution < -0.4 is 4.72 Å². The summed E-state index contributed by atoms with van der Waals surface area (Å²) in [5, 5.41) is -0.288. The van der Waals surface area contributed by atoms with Crippen molar-refractivity contribution in [3.63, 3.8) is 0 Å². The van der Waals surface area contributed by atoms with Gasteiger partial charge in [-0.05, 0) is 38.0 Å². The van der Waals surface area contributed by atoms with Gasteiger partial charge in [-0.15, -0.1) is 0 Å². The molecule has 4 nitrogen and oxygen atoms in total. The van der Waals surface area contributed by atoms with E-state index in [1.165, 1.54) is 0 Å². The van der Waals surface area contributed by atoms with Crippen LogP contribution in [0.2, 0.25) is 0 Å². The fraction of sp³-hybridized carbons (Fsp3) is 0.800. The van der Waals surface area contributed by atoms with Gasteiger partial charge in [-0.2, -0.15) is 0 Å². The van der Waals surface area contributed by atoms with Crippen molar-refractivity contribution in [3.05, 3.63) is 12.2 Å². The molecular weight excluding hydrogens is 272 g/mol. The number of hydrogen-bond donors (Lipinski definition) is 1. The van der Waals surface area contributed by atoms with Gasteiger partial charge in [0.2, 0.25) is 10.0 Å². The van der Waals surface area contributed by atoms with Crippen LogP contribution in [0.25, 0.3) is 0 Å². The average molecular weight is 296 g/mol. The molecule has 1 saturated carbocycles. The molecule has 2 aliphatic carbocycles. The van der Waals surface area contributed by atoms with Gasteiger partial charge in [0.15, 0.2) is 0 Å². The van der Waals surface area contributed by atoms with Gasteiger partial charge >= 0.3 is 0 Å². The molecule has 0 amide bonds. The quantitative estimate of drug-likeness (QED) is 0.696. The molecule has 0 radical (unpaired) electrons. The van der Waals surface area contributed by atoms with E-state index >= 15 is 0 Å². The molecule has 1 N–H and O–H groups in total. The highest BCUT2D eigenvalue weighted by molar-refractivity contribution is 7.90. The fourth-order valence-electron chi connectivity index (χ4n) is 4.18. The molecule has 2 fully saturated rings. The first-order valence-electron chi connectivity index (χ1n) is 7.67. The van der Waals surface area contributed by atoms with Crippen LogP contribution >= 0.6 is 0 Å². The van der Waals surface area contributed by atoms with Crippen molar-refractivity contribution in [3.8, 4) is 0 Å². The van der Waals surface area contributed by atoms with E-state index in [1.54, 1.807) is 0 Å². The minimum atomic E-state index is -3.25. The van der Waals surface area contributed by atoms with Gasteiger partial charge in [0, 0.05) is 30.6 Å². The SMILES string of the molecule is CN=C1C2CCC=CC2NS(=O)(=O)C2CC(C)CCC12. The Morgan fingerprint density at radius 3 is 2.80 bits per heavy atom. The van der Waals surface area contributed by atoms with Crippen molar-refractivity contribution in [2.75, 3.05) is 7.05 Å². The minimum Gasteiger partial charge on any atom is -0.297 e. The molecule has 20 heavy (non-hydrogen) atoms. The summed E-state index contributed by atoms with van der Waals surface area (Å²) in [6.07, 6.45) is 8.99. The van der Waals surface area contributed by atoms with Crippen LogP contribution in [0.15, 0.2) is 17.1 Å². The average Bonchev–Trinajstić information content (AvgIpc) is 2.51. The number of allylic oxidation sites excluding steroid dienone is 1. The molecule has 5 heteroatoms. The number of aliphatic imine (C=N–C) groups is 1. The molecule has 0 aromatic heterocycles. The predicted molar refractivity (Wildman–Crippen MR) is 81.4 cm³/mol. The van der Waals surface area contributed by atoms with E-state index in [1.807, 2.05) is 13.1 Å². The molecule has 0 spiro atoms. The molecule has 0 aromatic carbocycles. The van der Waals surface area contributed by atoms with Gasteiger partial charge < -0.3 is 0 Å². The second kappa shape index (κ2) is 5.26. The minimum absolute atomic E-state index is 0.0895. The summed E-state index contributed by atoms with van der Waals surface area (Å²) in [7, 11) is -1.42. The third kappa shape index (κ3) is 2.35. The molecule has 5 atom stereocenters. The zero-order valence-electron chi connectivity index (χ0n) is 12.2. The van der Waals surface area contributed by atoms with Crippen molar-refractivity contribution in [1.82, 2.24) is 4.72 Å². The Labute approximate surface area is 121 Å². The van der Waals surface area contributed by atoms with E-state index < -0.39 is 10.0 Å². The first kappa shape index (κ1) is 14.3. The molecular formula is C15H24N2O2S. The summed E-state index contributed by atoms with van der Waals surface area (Å²) in [6.45, 7) is 2.16. The molecule has 1 heterocycles. The van der Waals surface area contributed by atoms with Gasteiger partial charge in [-0.25, -0.2) is 13.1 Å². The summed E-state index contributed by atoms with van der Waals surface area (Å²) >= 11 is 0. The molecule has 0 aromatic rings. The van der Waals surface area contributed by atoms with Crippen LogP contribution in [0.5, 0.6) is 0 Å². The number of rotatable bonds is 0. The number of fused-ring (bicyclic) bond motifs is 2. The van der Waals surface area contributed by atoms with Gasteiger partial charge in [-0.3, -0.25) is 4.99 Å². The molecule has 1 aliphatic heterocycles. The maximum Gasteiger partial charge on any atom is 0.215 e. The Hall–Kier alpha value is -0.680. The lowest BCUT2D eigenvalue weighted by atomic mass is 9.73. The topological polar surface area (TPSA) is 58.5 Å². The van der Waals surface area contributed by atoms with Gasteiger partial charge in [0.25, 0.3) is 0 Å². The van der Waals surface area contributed by atoms with Gasteiger partial charge in [-0.1, -0.05) is 19.1 Å². The second-order valence-electron chi connectivity index (χ2n) is 6.51. The Kier molecular flexibility index (Phi) is 3.75. The monoisotopic (exact) mass is 296 g/mol. The van der Waals surface area contributed by atoms with Crippen molar-refractivity contribution in [2.24, 2.45) is 22.7 Å². The predicted octanol–water partition coefficient (Wildman–Crippen LogP) is 2.13. The van der Waals surface area contributed by atoms with Crippen LogP contribution in [-0.4, -0.2) is 32.5 Å². The van der Waals surface area contributed by atoms with E-state index in [0.29, 0.717) is 5.92 Å². The van der Waals surface area contributed by atoms with Gasteiger partial charge in [0.1, 0.15) is 0 Å². The van der Waals surface area contributed by atoms with E-state index in [0.717, 1.165) is 37.8 Å². The molecule has 3 rings (SSSR count). The summed E-state index contributed by atoms with van der Waals surface area (Å²) < 4.78 is 28.3. The first-order valence-corrected chi connectivity index (χ1v) is 9.22. The third-order valence-corrected chi connectivity index (χ3v) is 7.11. The van der Waals surface area contributed by atoms with Crippen LogP contribution in [0.4, 0.5) is 0 Å². The number of sulfonamides is 1. The van der Waals surface area contributed by atoms with E-state index in [9.17, 15) is 8.42 Å². The Morgan fingerprint density at radius 1 is 1.25 bits per heavy atom. The maximum absolute atomic E-state index is 12.7. The molecule has 3 aliphatic rings. The van der Waals surface area contributed by atoms with Gasteiger partial charge in [0.05, 0.1) is 5.25 Å². The molecule has 1 saturated heterocycles.